The van der Waals surface area contributed by atoms with E-state index < -0.39 is 4.92 Å². The minimum atomic E-state index is -0.502. The van der Waals surface area contributed by atoms with E-state index in [0.29, 0.717) is 18.0 Å². The first kappa shape index (κ1) is 14.0. The molecule has 0 atom stereocenters. The fraction of sp³-hybridized carbons (Fsp3) is 0.462. The molecule has 1 amide bonds. The van der Waals surface area contributed by atoms with E-state index in [1.807, 2.05) is 0 Å². The van der Waals surface area contributed by atoms with Crippen molar-refractivity contribution < 1.29 is 9.72 Å². The first-order valence-electron chi connectivity index (χ1n) is 6.30. The maximum atomic E-state index is 12.0. The molecule has 1 aliphatic carbocycles. The van der Waals surface area contributed by atoms with Gasteiger partial charge in [-0.3, -0.25) is 14.9 Å². The van der Waals surface area contributed by atoms with Crippen molar-refractivity contribution in [1.82, 2.24) is 5.32 Å². The normalized spacial score (nSPS) is 15.4. The lowest BCUT2D eigenvalue weighted by molar-refractivity contribution is -0.385. The summed E-state index contributed by atoms with van der Waals surface area (Å²) in [6.07, 6.45) is 4.74. The number of carbonyl (C=O) groups is 1. The third kappa shape index (κ3) is 3.32. The maximum absolute atomic E-state index is 12.0. The molecule has 0 aromatic heterocycles. The molecule has 0 heterocycles. The van der Waals surface area contributed by atoms with Crippen molar-refractivity contribution in [2.24, 2.45) is 5.92 Å². The molecule has 5 nitrogen and oxygen atoms in total. The van der Waals surface area contributed by atoms with E-state index in [1.165, 1.54) is 25.0 Å². The minimum Gasteiger partial charge on any atom is -0.352 e. The molecule has 6 heteroatoms. The Morgan fingerprint density at radius 1 is 1.42 bits per heavy atom. The highest BCUT2D eigenvalue weighted by molar-refractivity contribution is 9.10. The molecule has 0 saturated heterocycles. The molecule has 19 heavy (non-hydrogen) atoms. The van der Waals surface area contributed by atoms with Gasteiger partial charge in [0.25, 0.3) is 11.6 Å². The second-order valence-electron chi connectivity index (χ2n) is 4.76. The van der Waals surface area contributed by atoms with Gasteiger partial charge in [-0.1, -0.05) is 18.9 Å². The van der Waals surface area contributed by atoms with E-state index in [-0.39, 0.29) is 16.1 Å². The van der Waals surface area contributed by atoms with Crippen molar-refractivity contribution in [3.8, 4) is 0 Å². The molecule has 0 radical (unpaired) electrons. The highest BCUT2D eigenvalue weighted by Gasteiger charge is 2.21. The van der Waals surface area contributed by atoms with E-state index >= 15 is 0 Å². The largest absolute Gasteiger partial charge is 0.352 e. The van der Waals surface area contributed by atoms with Crippen LogP contribution in [0.1, 0.15) is 36.0 Å². The van der Waals surface area contributed by atoms with Crippen LogP contribution in [0.5, 0.6) is 0 Å². The Labute approximate surface area is 119 Å². The molecule has 0 aliphatic heterocycles. The summed E-state index contributed by atoms with van der Waals surface area (Å²) >= 11 is 3.13. The van der Waals surface area contributed by atoms with Crippen LogP contribution in [-0.4, -0.2) is 17.4 Å². The van der Waals surface area contributed by atoms with Gasteiger partial charge in [-0.05, 0) is 40.8 Å². The number of halogens is 1. The Balaban J connectivity index is 2.06. The Bertz CT molecular complexity index is 499. The number of hydrogen-bond acceptors (Lipinski definition) is 3. The second kappa shape index (κ2) is 6.14. The van der Waals surface area contributed by atoms with Crippen molar-refractivity contribution in [3.63, 3.8) is 0 Å². The molecule has 1 aliphatic rings. The summed E-state index contributed by atoms with van der Waals surface area (Å²) in [5, 5.41) is 13.7. The average molecular weight is 327 g/mol. The van der Waals surface area contributed by atoms with Gasteiger partial charge in [-0.15, -0.1) is 0 Å². The molecule has 0 spiro atoms. The van der Waals surface area contributed by atoms with E-state index in [9.17, 15) is 14.9 Å². The number of carbonyl (C=O) groups excluding carboxylic acids is 1. The van der Waals surface area contributed by atoms with Gasteiger partial charge in [0.15, 0.2) is 0 Å². The van der Waals surface area contributed by atoms with Crippen LogP contribution in [0.2, 0.25) is 0 Å². The average Bonchev–Trinajstić information content (AvgIpc) is 2.89. The van der Waals surface area contributed by atoms with Gasteiger partial charge in [0, 0.05) is 12.6 Å². The van der Waals surface area contributed by atoms with Crippen molar-refractivity contribution in [1.29, 1.82) is 0 Å². The number of hydrogen-bond donors (Lipinski definition) is 1. The van der Waals surface area contributed by atoms with Crippen LogP contribution in [0.3, 0.4) is 0 Å². The van der Waals surface area contributed by atoms with Gasteiger partial charge in [0.1, 0.15) is 4.47 Å². The number of benzene rings is 1. The van der Waals surface area contributed by atoms with Gasteiger partial charge in [-0.2, -0.15) is 0 Å². The molecule has 0 unspecified atom stereocenters. The zero-order chi connectivity index (χ0) is 13.8. The maximum Gasteiger partial charge on any atom is 0.284 e. The summed E-state index contributed by atoms with van der Waals surface area (Å²) in [6, 6.07) is 4.48. The van der Waals surface area contributed by atoms with Crippen LogP contribution in [0.4, 0.5) is 5.69 Å². The third-order valence-corrected chi connectivity index (χ3v) is 4.28. The molecule has 1 N–H and O–H groups in total. The Morgan fingerprint density at radius 3 is 2.74 bits per heavy atom. The smallest absolute Gasteiger partial charge is 0.284 e. The van der Waals surface area contributed by atoms with Gasteiger partial charge in [-0.25, -0.2) is 0 Å². The summed E-state index contributed by atoms with van der Waals surface area (Å²) in [4.78, 5) is 22.3. The van der Waals surface area contributed by atoms with E-state index in [0.717, 1.165) is 12.8 Å². The van der Waals surface area contributed by atoms with E-state index in [2.05, 4.69) is 21.2 Å². The molecule has 2 rings (SSSR count). The SMILES string of the molecule is O=C(NCC1CCCC1)c1cccc([N+](=O)[O-])c1Br. The van der Waals surface area contributed by atoms with Crippen LogP contribution < -0.4 is 5.32 Å². The lowest BCUT2D eigenvalue weighted by Crippen LogP contribution is -2.28. The summed E-state index contributed by atoms with van der Waals surface area (Å²) in [7, 11) is 0. The summed E-state index contributed by atoms with van der Waals surface area (Å²) < 4.78 is 0.240. The molecule has 1 aromatic carbocycles. The molecule has 1 saturated carbocycles. The van der Waals surface area contributed by atoms with Gasteiger partial charge >= 0.3 is 0 Å². The van der Waals surface area contributed by atoms with Crippen LogP contribution in [0, 0.1) is 16.0 Å². The standard InChI is InChI=1S/C13H15BrN2O3/c14-12-10(6-3-7-11(12)16(18)19)13(17)15-8-9-4-1-2-5-9/h3,6-7,9H,1-2,4-5,8H2,(H,15,17). The number of amides is 1. The van der Waals surface area contributed by atoms with Crippen LogP contribution in [0.15, 0.2) is 22.7 Å². The Morgan fingerprint density at radius 2 is 2.11 bits per heavy atom. The van der Waals surface area contributed by atoms with Crippen molar-refractivity contribution >= 4 is 27.5 Å². The first-order chi connectivity index (χ1) is 9.09. The minimum absolute atomic E-state index is 0.0893. The lowest BCUT2D eigenvalue weighted by atomic mass is 10.1. The number of nitro groups is 1. The molecule has 1 fully saturated rings. The van der Waals surface area contributed by atoms with Gasteiger partial charge in [0.05, 0.1) is 10.5 Å². The highest BCUT2D eigenvalue weighted by atomic mass is 79.9. The molecule has 102 valence electrons. The fourth-order valence-corrected chi connectivity index (χ4v) is 2.97. The zero-order valence-corrected chi connectivity index (χ0v) is 12.0. The topological polar surface area (TPSA) is 72.2 Å². The monoisotopic (exact) mass is 326 g/mol. The van der Waals surface area contributed by atoms with E-state index in [4.69, 9.17) is 0 Å². The fourth-order valence-electron chi connectivity index (χ4n) is 2.38. The quantitative estimate of drug-likeness (QED) is 0.681. The second-order valence-corrected chi connectivity index (χ2v) is 5.55. The lowest BCUT2D eigenvalue weighted by Gasteiger charge is -2.11. The molecule has 0 bridgehead atoms. The molecular formula is C13H15BrN2O3. The van der Waals surface area contributed by atoms with Crippen molar-refractivity contribution in [3.05, 3.63) is 38.3 Å². The first-order valence-corrected chi connectivity index (χ1v) is 7.10. The predicted molar refractivity (Wildman–Crippen MR) is 75.1 cm³/mol. The van der Waals surface area contributed by atoms with Crippen LogP contribution in [-0.2, 0) is 0 Å². The number of rotatable bonds is 4. The van der Waals surface area contributed by atoms with Crippen molar-refractivity contribution in [2.45, 2.75) is 25.7 Å². The zero-order valence-electron chi connectivity index (χ0n) is 10.4. The summed E-state index contributed by atoms with van der Waals surface area (Å²) in [5.41, 5.74) is 0.223. The van der Waals surface area contributed by atoms with Gasteiger partial charge < -0.3 is 5.32 Å². The van der Waals surface area contributed by atoms with Gasteiger partial charge in [0.2, 0.25) is 0 Å². The predicted octanol–water partition coefficient (Wildman–Crippen LogP) is 3.28. The molecular weight excluding hydrogens is 312 g/mol. The van der Waals surface area contributed by atoms with E-state index in [1.54, 1.807) is 6.07 Å². The third-order valence-electron chi connectivity index (χ3n) is 3.45. The van der Waals surface area contributed by atoms with Crippen molar-refractivity contribution in [2.75, 3.05) is 6.54 Å². The summed E-state index contributed by atoms with van der Waals surface area (Å²) in [5.74, 6) is 0.281. The summed E-state index contributed by atoms with van der Waals surface area (Å²) in [6.45, 7) is 0.647. The van der Waals surface area contributed by atoms with Crippen LogP contribution in [0.25, 0.3) is 0 Å². The van der Waals surface area contributed by atoms with Crippen LogP contribution >= 0.6 is 15.9 Å². The number of nitrogens with one attached hydrogen (secondary N) is 1. The number of nitro benzene ring substituents is 1. The molecule has 1 aromatic rings. The Hall–Kier alpha value is -1.43. The highest BCUT2D eigenvalue weighted by Crippen LogP contribution is 2.28. The number of nitrogens with zero attached hydrogens (tertiary/aromatic N) is 1. The Kier molecular flexibility index (Phi) is 4.52.